The zero-order valence-electron chi connectivity index (χ0n) is 15.0. The Morgan fingerprint density at radius 2 is 1.69 bits per heavy atom. The number of anilines is 3. The Morgan fingerprint density at radius 1 is 1.04 bits per heavy atom. The number of amides is 1. The summed E-state index contributed by atoms with van der Waals surface area (Å²) in [7, 11) is 0. The lowest BCUT2D eigenvalue weighted by Gasteiger charge is -2.28. The highest BCUT2D eigenvalue weighted by atomic mass is 16.5. The van der Waals surface area contributed by atoms with Gasteiger partial charge in [-0.3, -0.25) is 4.79 Å². The molecule has 0 aromatic heterocycles. The molecular weight excluding hydrogens is 330 g/mol. The smallest absolute Gasteiger partial charge is 0.243 e. The average molecular weight is 355 g/mol. The molecule has 0 saturated carbocycles. The lowest BCUT2D eigenvalue weighted by Crippen LogP contribution is -2.36. The van der Waals surface area contributed by atoms with E-state index >= 15 is 0 Å². The summed E-state index contributed by atoms with van der Waals surface area (Å²) in [4.78, 5) is 14.4. The molecule has 0 aliphatic carbocycles. The van der Waals surface area contributed by atoms with E-state index in [-0.39, 0.29) is 12.5 Å². The van der Waals surface area contributed by atoms with Crippen LogP contribution in [0.1, 0.15) is 6.92 Å². The van der Waals surface area contributed by atoms with E-state index in [0.717, 1.165) is 49.1 Å². The number of nitrogens with zero attached hydrogens (tertiary/aromatic N) is 1. The van der Waals surface area contributed by atoms with E-state index in [2.05, 4.69) is 15.5 Å². The van der Waals surface area contributed by atoms with Crippen molar-refractivity contribution in [2.24, 2.45) is 0 Å². The fourth-order valence-electron chi connectivity index (χ4n) is 2.80. The third kappa shape index (κ3) is 5.13. The molecule has 138 valence electrons. The summed E-state index contributed by atoms with van der Waals surface area (Å²) in [6.45, 7) is 6.11. The molecule has 3 rings (SSSR count). The Bertz CT molecular complexity index is 695. The Kier molecular flexibility index (Phi) is 6.33. The molecule has 2 aromatic carbocycles. The minimum absolute atomic E-state index is 0.0852. The highest BCUT2D eigenvalue weighted by Crippen LogP contribution is 2.19. The van der Waals surface area contributed by atoms with Gasteiger partial charge >= 0.3 is 0 Å². The largest absolute Gasteiger partial charge is 0.494 e. The fraction of sp³-hybridized carbons (Fsp3) is 0.350. The maximum Gasteiger partial charge on any atom is 0.243 e. The van der Waals surface area contributed by atoms with Crippen molar-refractivity contribution in [1.82, 2.24) is 0 Å². The SMILES string of the molecule is CCOc1ccc(NCC(=O)Nc2ccc(N3CCOCC3)cc2)cc1. The first-order valence-electron chi connectivity index (χ1n) is 8.94. The molecule has 6 nitrogen and oxygen atoms in total. The zero-order chi connectivity index (χ0) is 18.2. The first-order valence-corrected chi connectivity index (χ1v) is 8.94. The first-order chi connectivity index (χ1) is 12.7. The molecule has 1 aliphatic rings. The summed E-state index contributed by atoms with van der Waals surface area (Å²) < 4.78 is 10.8. The Hall–Kier alpha value is -2.73. The summed E-state index contributed by atoms with van der Waals surface area (Å²) in [5.74, 6) is 0.737. The number of rotatable bonds is 7. The van der Waals surface area contributed by atoms with Gasteiger partial charge in [0.1, 0.15) is 5.75 Å². The summed E-state index contributed by atoms with van der Waals surface area (Å²) in [6, 6.07) is 15.5. The lowest BCUT2D eigenvalue weighted by molar-refractivity contribution is -0.114. The van der Waals surface area contributed by atoms with Gasteiger partial charge in [-0.05, 0) is 55.5 Å². The van der Waals surface area contributed by atoms with Crippen molar-refractivity contribution in [3.05, 3.63) is 48.5 Å². The zero-order valence-corrected chi connectivity index (χ0v) is 15.0. The normalized spacial score (nSPS) is 14.0. The maximum absolute atomic E-state index is 12.1. The molecule has 0 bridgehead atoms. The average Bonchev–Trinajstić information content (AvgIpc) is 2.69. The first kappa shape index (κ1) is 18.1. The topological polar surface area (TPSA) is 62.8 Å². The van der Waals surface area contributed by atoms with Gasteiger partial charge in [0.05, 0.1) is 26.4 Å². The van der Waals surface area contributed by atoms with Gasteiger partial charge in [-0.15, -0.1) is 0 Å². The van der Waals surface area contributed by atoms with Crippen molar-refractivity contribution in [3.8, 4) is 5.75 Å². The quantitative estimate of drug-likeness (QED) is 0.799. The highest BCUT2D eigenvalue weighted by Gasteiger charge is 2.11. The Morgan fingerprint density at radius 3 is 2.35 bits per heavy atom. The van der Waals surface area contributed by atoms with Gasteiger partial charge in [0.15, 0.2) is 0 Å². The van der Waals surface area contributed by atoms with Gasteiger partial charge in [0.25, 0.3) is 0 Å². The number of benzene rings is 2. The van der Waals surface area contributed by atoms with E-state index in [0.29, 0.717) is 6.61 Å². The molecule has 0 radical (unpaired) electrons. The molecule has 1 heterocycles. The van der Waals surface area contributed by atoms with E-state index < -0.39 is 0 Å². The van der Waals surface area contributed by atoms with Gasteiger partial charge in [-0.1, -0.05) is 0 Å². The van der Waals surface area contributed by atoms with Crippen LogP contribution in [0.5, 0.6) is 5.75 Å². The second-order valence-corrected chi connectivity index (χ2v) is 6.01. The van der Waals surface area contributed by atoms with Crippen LogP contribution in [0.25, 0.3) is 0 Å². The van der Waals surface area contributed by atoms with E-state index in [1.165, 1.54) is 0 Å². The monoisotopic (exact) mass is 355 g/mol. The Balaban J connectivity index is 1.46. The number of hydrogen-bond acceptors (Lipinski definition) is 5. The van der Waals surface area contributed by atoms with Crippen molar-refractivity contribution in [1.29, 1.82) is 0 Å². The van der Waals surface area contributed by atoms with E-state index in [9.17, 15) is 4.79 Å². The lowest BCUT2D eigenvalue weighted by atomic mass is 10.2. The molecular formula is C20H25N3O3. The van der Waals surface area contributed by atoms with Gasteiger partial charge in [0.2, 0.25) is 5.91 Å². The van der Waals surface area contributed by atoms with E-state index in [1.807, 2.05) is 55.5 Å². The van der Waals surface area contributed by atoms with Crippen LogP contribution in [0.3, 0.4) is 0 Å². The molecule has 1 aliphatic heterocycles. The van der Waals surface area contributed by atoms with E-state index in [4.69, 9.17) is 9.47 Å². The molecule has 2 N–H and O–H groups in total. The standard InChI is InChI=1S/C20H25N3O3/c1-2-26-19-9-5-16(6-10-19)21-15-20(24)22-17-3-7-18(8-4-17)23-11-13-25-14-12-23/h3-10,21H,2,11-15H2,1H3,(H,22,24). The third-order valence-electron chi connectivity index (χ3n) is 4.15. The summed E-state index contributed by atoms with van der Waals surface area (Å²) in [6.07, 6.45) is 0. The summed E-state index contributed by atoms with van der Waals surface area (Å²) in [5, 5.41) is 6.01. The minimum Gasteiger partial charge on any atom is -0.494 e. The van der Waals surface area contributed by atoms with Crippen LogP contribution in [0.4, 0.5) is 17.1 Å². The molecule has 1 saturated heterocycles. The van der Waals surface area contributed by atoms with Crippen molar-refractivity contribution in [2.75, 3.05) is 55.0 Å². The molecule has 26 heavy (non-hydrogen) atoms. The number of carbonyl (C=O) groups excluding carboxylic acids is 1. The van der Waals surface area contributed by atoms with Crippen LogP contribution >= 0.6 is 0 Å². The van der Waals surface area contributed by atoms with Crippen molar-refractivity contribution < 1.29 is 14.3 Å². The van der Waals surface area contributed by atoms with Crippen LogP contribution in [-0.4, -0.2) is 45.4 Å². The van der Waals surface area contributed by atoms with Crippen molar-refractivity contribution >= 4 is 23.0 Å². The van der Waals surface area contributed by atoms with Crippen molar-refractivity contribution in [2.45, 2.75) is 6.92 Å². The van der Waals surface area contributed by atoms with Crippen LogP contribution in [-0.2, 0) is 9.53 Å². The molecule has 0 spiro atoms. The molecule has 0 atom stereocenters. The van der Waals surface area contributed by atoms with Gasteiger partial charge in [0, 0.05) is 30.2 Å². The van der Waals surface area contributed by atoms with Gasteiger partial charge < -0.3 is 25.0 Å². The molecule has 6 heteroatoms. The molecule has 1 amide bonds. The predicted octanol–water partition coefficient (Wildman–Crippen LogP) is 2.97. The molecule has 1 fully saturated rings. The maximum atomic E-state index is 12.1. The summed E-state index contributed by atoms with van der Waals surface area (Å²) in [5.41, 5.74) is 2.82. The summed E-state index contributed by atoms with van der Waals surface area (Å²) >= 11 is 0. The van der Waals surface area contributed by atoms with Gasteiger partial charge in [-0.25, -0.2) is 0 Å². The fourth-order valence-corrected chi connectivity index (χ4v) is 2.80. The number of nitrogens with one attached hydrogen (secondary N) is 2. The van der Waals surface area contributed by atoms with Crippen LogP contribution in [0, 0.1) is 0 Å². The number of carbonyl (C=O) groups is 1. The van der Waals surface area contributed by atoms with Crippen LogP contribution in [0.2, 0.25) is 0 Å². The molecule has 2 aromatic rings. The minimum atomic E-state index is -0.0852. The Labute approximate surface area is 154 Å². The second kappa shape index (κ2) is 9.10. The third-order valence-corrected chi connectivity index (χ3v) is 4.15. The van der Waals surface area contributed by atoms with Crippen molar-refractivity contribution in [3.63, 3.8) is 0 Å². The number of morpholine rings is 1. The predicted molar refractivity (Wildman–Crippen MR) is 104 cm³/mol. The second-order valence-electron chi connectivity index (χ2n) is 6.01. The number of hydrogen-bond donors (Lipinski definition) is 2. The number of ether oxygens (including phenoxy) is 2. The van der Waals surface area contributed by atoms with E-state index in [1.54, 1.807) is 0 Å². The highest BCUT2D eigenvalue weighted by molar-refractivity contribution is 5.93. The molecule has 0 unspecified atom stereocenters. The van der Waals surface area contributed by atoms with Crippen LogP contribution in [0.15, 0.2) is 48.5 Å². The van der Waals surface area contributed by atoms with Gasteiger partial charge in [-0.2, -0.15) is 0 Å². The van der Waals surface area contributed by atoms with Crippen LogP contribution < -0.4 is 20.3 Å².